The largest absolute Gasteiger partial charge is 0.494 e. The number of aromatic nitrogens is 1. The Hall–Kier alpha value is -2.82. The molecule has 1 heterocycles. The number of nitrogens with zero attached hydrogens (tertiary/aromatic N) is 1. The molecule has 27 heavy (non-hydrogen) atoms. The van der Waals surface area contributed by atoms with Crippen LogP contribution in [0.4, 0.5) is 0 Å². The van der Waals surface area contributed by atoms with Gasteiger partial charge < -0.3 is 9.15 Å². The van der Waals surface area contributed by atoms with Gasteiger partial charge in [-0.05, 0) is 48.6 Å². The van der Waals surface area contributed by atoms with Gasteiger partial charge in [-0.1, -0.05) is 44.5 Å². The highest BCUT2D eigenvalue weighted by Gasteiger charge is 2.13. The second-order valence-corrected chi connectivity index (χ2v) is 7.80. The lowest BCUT2D eigenvalue weighted by Gasteiger charge is -2.19. The van der Waals surface area contributed by atoms with Gasteiger partial charge in [0.1, 0.15) is 5.75 Å². The van der Waals surface area contributed by atoms with Gasteiger partial charge in [-0.3, -0.25) is 4.57 Å². The van der Waals surface area contributed by atoms with Crippen molar-refractivity contribution in [2.75, 3.05) is 6.61 Å². The number of benzene rings is 2. The zero-order valence-electron chi connectivity index (χ0n) is 16.2. The first kappa shape index (κ1) is 19.0. The summed E-state index contributed by atoms with van der Waals surface area (Å²) < 4.78 is 12.1. The molecule has 0 unspecified atom stereocenters. The molecule has 1 aromatic heterocycles. The van der Waals surface area contributed by atoms with E-state index in [4.69, 9.17) is 9.15 Å². The molecular formula is C22H25NO4. The van der Waals surface area contributed by atoms with Crippen LogP contribution in [0.1, 0.15) is 38.3 Å². The third-order valence-electron chi connectivity index (χ3n) is 4.58. The normalized spacial score (nSPS) is 11.7. The Bertz CT molecular complexity index is 1050. The van der Waals surface area contributed by atoms with E-state index >= 15 is 0 Å². The molecule has 2 aromatic carbocycles. The van der Waals surface area contributed by atoms with Crippen molar-refractivity contribution in [1.82, 2.24) is 4.57 Å². The lowest BCUT2D eigenvalue weighted by Crippen LogP contribution is -2.25. The summed E-state index contributed by atoms with van der Waals surface area (Å²) in [5.41, 5.74) is 2.31. The summed E-state index contributed by atoms with van der Waals surface area (Å²) >= 11 is 0. The van der Waals surface area contributed by atoms with Gasteiger partial charge in [-0.2, -0.15) is 0 Å². The van der Waals surface area contributed by atoms with Gasteiger partial charge in [0.25, 0.3) is 0 Å². The Morgan fingerprint density at radius 2 is 1.74 bits per heavy atom. The topological polar surface area (TPSA) is 61.4 Å². The number of rotatable bonds is 5. The number of hydrogen-bond donors (Lipinski definition) is 0. The van der Waals surface area contributed by atoms with Gasteiger partial charge in [-0.15, -0.1) is 0 Å². The van der Waals surface area contributed by atoms with Crippen LogP contribution < -0.4 is 16.1 Å². The standard InChI is InChI=1S/C22H25NO4/c1-15-6-11-19-18(14-15)20(24)27-21(25)23(19)12-5-13-26-17-9-7-16(8-10-17)22(2,3)4/h6-11,14H,5,12-13H2,1-4H3. The summed E-state index contributed by atoms with van der Waals surface area (Å²) in [5.74, 6) is 0.168. The predicted molar refractivity (Wildman–Crippen MR) is 107 cm³/mol. The van der Waals surface area contributed by atoms with Crippen LogP contribution in [0.25, 0.3) is 10.9 Å². The van der Waals surface area contributed by atoms with Gasteiger partial charge in [-0.25, -0.2) is 9.59 Å². The molecule has 0 radical (unpaired) electrons. The highest BCUT2D eigenvalue weighted by atomic mass is 16.5. The first-order valence-electron chi connectivity index (χ1n) is 9.13. The van der Waals surface area contributed by atoms with Crippen LogP contribution in [0.15, 0.2) is 56.5 Å². The number of fused-ring (bicyclic) bond motifs is 1. The van der Waals surface area contributed by atoms with Gasteiger partial charge in [0, 0.05) is 6.54 Å². The maximum atomic E-state index is 12.1. The summed E-state index contributed by atoms with van der Waals surface area (Å²) in [6.45, 7) is 9.29. The van der Waals surface area contributed by atoms with E-state index in [1.165, 1.54) is 10.1 Å². The Labute approximate surface area is 158 Å². The predicted octanol–water partition coefficient (Wildman–Crippen LogP) is 4.03. The molecule has 3 rings (SSSR count). The van der Waals surface area contributed by atoms with Gasteiger partial charge in [0.2, 0.25) is 0 Å². The van der Waals surface area contributed by atoms with E-state index in [1.54, 1.807) is 12.1 Å². The van der Waals surface area contributed by atoms with Crippen molar-refractivity contribution < 1.29 is 9.15 Å². The molecule has 0 aliphatic rings. The molecular weight excluding hydrogens is 342 g/mol. The monoisotopic (exact) mass is 367 g/mol. The minimum atomic E-state index is -0.633. The molecule has 0 bridgehead atoms. The minimum absolute atomic E-state index is 0.107. The van der Waals surface area contributed by atoms with Gasteiger partial charge >= 0.3 is 11.4 Å². The first-order valence-corrected chi connectivity index (χ1v) is 9.13. The Balaban J connectivity index is 1.68. The molecule has 142 valence electrons. The molecule has 0 fully saturated rings. The molecule has 0 amide bonds. The van der Waals surface area contributed by atoms with Crippen LogP contribution in [0.2, 0.25) is 0 Å². The number of hydrogen-bond acceptors (Lipinski definition) is 4. The summed E-state index contributed by atoms with van der Waals surface area (Å²) in [6, 6.07) is 13.5. The van der Waals surface area contributed by atoms with E-state index < -0.39 is 11.4 Å². The van der Waals surface area contributed by atoms with Gasteiger partial charge in [0.15, 0.2) is 0 Å². The van der Waals surface area contributed by atoms with E-state index in [9.17, 15) is 9.59 Å². The second kappa shape index (κ2) is 7.43. The van der Waals surface area contributed by atoms with Crippen LogP contribution in [-0.2, 0) is 12.0 Å². The summed E-state index contributed by atoms with van der Waals surface area (Å²) in [5, 5.41) is 0.424. The van der Waals surface area contributed by atoms with Crippen LogP contribution >= 0.6 is 0 Å². The van der Waals surface area contributed by atoms with Crippen LogP contribution in [0.5, 0.6) is 5.75 Å². The fraction of sp³-hybridized carbons (Fsp3) is 0.364. The highest BCUT2D eigenvalue weighted by molar-refractivity contribution is 5.78. The average Bonchev–Trinajstić information content (AvgIpc) is 2.61. The smallest absolute Gasteiger partial charge is 0.422 e. The van der Waals surface area contributed by atoms with Crippen molar-refractivity contribution in [2.45, 2.75) is 46.1 Å². The molecule has 0 N–H and O–H groups in total. The molecule has 0 atom stereocenters. The van der Waals surface area contributed by atoms with Crippen molar-refractivity contribution in [1.29, 1.82) is 0 Å². The quantitative estimate of drug-likeness (QED) is 0.639. The molecule has 0 spiro atoms. The van der Waals surface area contributed by atoms with Gasteiger partial charge in [0.05, 0.1) is 17.5 Å². The Morgan fingerprint density at radius 1 is 1.04 bits per heavy atom. The summed E-state index contributed by atoms with van der Waals surface area (Å²) in [6.07, 6.45) is 0.623. The molecule has 5 heteroatoms. The minimum Gasteiger partial charge on any atom is -0.494 e. The van der Waals surface area contributed by atoms with E-state index in [-0.39, 0.29) is 5.41 Å². The number of ether oxygens (including phenoxy) is 1. The maximum absolute atomic E-state index is 12.1. The second-order valence-electron chi connectivity index (χ2n) is 7.80. The zero-order chi connectivity index (χ0) is 19.6. The van der Waals surface area contributed by atoms with Crippen LogP contribution in [-0.4, -0.2) is 11.2 Å². The molecule has 5 nitrogen and oxygen atoms in total. The van der Waals surface area contributed by atoms with E-state index in [0.29, 0.717) is 30.5 Å². The van der Waals surface area contributed by atoms with Crippen molar-refractivity contribution in [3.05, 3.63) is 74.6 Å². The zero-order valence-corrected chi connectivity index (χ0v) is 16.2. The van der Waals surface area contributed by atoms with E-state index in [2.05, 4.69) is 32.9 Å². The van der Waals surface area contributed by atoms with Crippen molar-refractivity contribution in [3.63, 3.8) is 0 Å². The fourth-order valence-corrected chi connectivity index (χ4v) is 3.01. The van der Waals surface area contributed by atoms with Crippen molar-refractivity contribution in [2.24, 2.45) is 0 Å². The SMILES string of the molecule is Cc1ccc2c(c1)c(=O)oc(=O)n2CCCOc1ccc(C(C)(C)C)cc1. The van der Waals surface area contributed by atoms with E-state index in [1.807, 2.05) is 25.1 Å². The summed E-state index contributed by atoms with van der Waals surface area (Å²) in [4.78, 5) is 24.0. The third kappa shape index (κ3) is 4.30. The molecule has 0 saturated heterocycles. The third-order valence-corrected chi connectivity index (χ3v) is 4.58. The molecule has 0 aliphatic heterocycles. The average molecular weight is 367 g/mol. The first-order chi connectivity index (χ1) is 12.8. The van der Waals surface area contributed by atoms with Crippen molar-refractivity contribution >= 4 is 10.9 Å². The maximum Gasteiger partial charge on any atom is 0.422 e. The van der Waals surface area contributed by atoms with E-state index in [0.717, 1.165) is 11.3 Å². The fourth-order valence-electron chi connectivity index (χ4n) is 3.01. The highest BCUT2D eigenvalue weighted by Crippen LogP contribution is 2.24. The molecule has 3 aromatic rings. The lowest BCUT2D eigenvalue weighted by atomic mass is 9.87. The lowest BCUT2D eigenvalue weighted by molar-refractivity contribution is 0.296. The Morgan fingerprint density at radius 3 is 2.41 bits per heavy atom. The molecule has 0 saturated carbocycles. The van der Waals surface area contributed by atoms with Crippen LogP contribution in [0, 0.1) is 6.92 Å². The number of aryl methyl sites for hydroxylation is 2. The molecule has 0 aliphatic carbocycles. The summed E-state index contributed by atoms with van der Waals surface area (Å²) in [7, 11) is 0. The Kier molecular flexibility index (Phi) is 5.22. The van der Waals surface area contributed by atoms with Crippen molar-refractivity contribution in [3.8, 4) is 5.75 Å². The van der Waals surface area contributed by atoms with Crippen LogP contribution in [0.3, 0.4) is 0 Å².